The van der Waals surface area contributed by atoms with Crippen LogP contribution in [0.5, 0.6) is 6.01 Å². The van der Waals surface area contributed by atoms with Crippen molar-refractivity contribution in [3.05, 3.63) is 71.3 Å². The lowest BCUT2D eigenvalue weighted by Gasteiger charge is -2.40. The molecule has 0 N–H and O–H groups in total. The van der Waals surface area contributed by atoms with Crippen LogP contribution in [0.2, 0.25) is 0 Å². The molecule has 6 rings (SSSR count). The molecule has 2 aliphatic rings. The van der Waals surface area contributed by atoms with E-state index in [0.717, 1.165) is 35.8 Å². The lowest BCUT2D eigenvalue weighted by molar-refractivity contribution is -0.128. The number of likely N-dealkylation sites (tertiary alicyclic amines) is 1. The van der Waals surface area contributed by atoms with E-state index >= 15 is 0 Å². The van der Waals surface area contributed by atoms with Crippen LogP contribution in [0.15, 0.2) is 59.9 Å². The van der Waals surface area contributed by atoms with Crippen molar-refractivity contribution in [1.82, 2.24) is 29.3 Å². The molecule has 4 aromatic rings. The molecule has 1 amide bonds. The van der Waals surface area contributed by atoms with Gasteiger partial charge in [-0.3, -0.25) is 14.2 Å². The van der Waals surface area contributed by atoms with Crippen molar-refractivity contribution in [3.8, 4) is 17.8 Å². The fourth-order valence-corrected chi connectivity index (χ4v) is 6.21. The highest BCUT2D eigenvalue weighted by Gasteiger charge is 2.32. The highest BCUT2D eigenvalue weighted by Crippen LogP contribution is 2.29. The van der Waals surface area contributed by atoms with Gasteiger partial charge in [0.25, 0.3) is 5.56 Å². The second-order valence-corrected chi connectivity index (χ2v) is 11.1. The highest BCUT2D eigenvalue weighted by atomic mass is 16.5. The summed E-state index contributed by atoms with van der Waals surface area (Å²) in [5, 5.41) is 11.4. The minimum absolute atomic E-state index is 0.108. The zero-order valence-corrected chi connectivity index (χ0v) is 24.4. The van der Waals surface area contributed by atoms with E-state index in [2.05, 4.69) is 29.6 Å². The molecule has 4 heterocycles. The number of hydrogen-bond acceptors (Lipinski definition) is 9. The fourth-order valence-electron chi connectivity index (χ4n) is 6.21. The maximum absolute atomic E-state index is 14.3. The van der Waals surface area contributed by atoms with Gasteiger partial charge in [0.1, 0.15) is 17.9 Å². The van der Waals surface area contributed by atoms with Crippen LogP contribution in [-0.2, 0) is 4.79 Å². The third kappa shape index (κ3) is 5.30. The molecule has 0 radical (unpaired) electrons. The van der Waals surface area contributed by atoms with E-state index in [1.807, 2.05) is 47.4 Å². The molecule has 43 heavy (non-hydrogen) atoms. The predicted molar refractivity (Wildman–Crippen MR) is 164 cm³/mol. The van der Waals surface area contributed by atoms with Gasteiger partial charge < -0.3 is 19.4 Å². The Kier molecular flexibility index (Phi) is 7.78. The average molecular weight is 579 g/mol. The molecular formula is C32H34N8O3. The second-order valence-electron chi connectivity index (χ2n) is 11.1. The van der Waals surface area contributed by atoms with Gasteiger partial charge in [-0.15, -0.1) is 0 Å². The first-order valence-electron chi connectivity index (χ1n) is 14.6. The number of fused-ring (bicyclic) bond motifs is 2. The normalized spacial score (nSPS) is 19.1. The van der Waals surface area contributed by atoms with Crippen molar-refractivity contribution in [2.24, 2.45) is 0 Å². The number of hydrogen-bond donors (Lipinski definition) is 0. The number of amides is 1. The van der Waals surface area contributed by atoms with Crippen molar-refractivity contribution >= 4 is 33.5 Å². The third-order valence-electron chi connectivity index (χ3n) is 8.50. The van der Waals surface area contributed by atoms with Gasteiger partial charge in [-0.05, 0) is 50.9 Å². The third-order valence-corrected chi connectivity index (χ3v) is 8.50. The summed E-state index contributed by atoms with van der Waals surface area (Å²) in [5.41, 5.74) is 0.915. The summed E-state index contributed by atoms with van der Waals surface area (Å²) < 4.78 is 7.75. The number of piperazine rings is 1. The van der Waals surface area contributed by atoms with Gasteiger partial charge in [-0.25, -0.2) is 4.98 Å². The average Bonchev–Trinajstić information content (AvgIpc) is 3.44. The molecule has 2 aromatic carbocycles. The Morgan fingerprint density at radius 1 is 1.09 bits per heavy atom. The molecule has 2 aliphatic heterocycles. The van der Waals surface area contributed by atoms with E-state index in [0.29, 0.717) is 43.4 Å². The van der Waals surface area contributed by atoms with Crippen LogP contribution in [0, 0.1) is 18.3 Å². The van der Waals surface area contributed by atoms with Crippen LogP contribution < -0.4 is 15.2 Å². The molecule has 0 spiro atoms. The van der Waals surface area contributed by atoms with Gasteiger partial charge in [-0.1, -0.05) is 43.0 Å². The molecule has 2 atom stereocenters. The number of aryl methyl sites for hydroxylation is 1. The van der Waals surface area contributed by atoms with Crippen LogP contribution >= 0.6 is 0 Å². The van der Waals surface area contributed by atoms with Crippen LogP contribution in [0.4, 0.5) is 5.82 Å². The SMILES string of the molecule is C=CC(=O)N1CCN(c2nc(OCC3CCCN3C)nc3c(=O)n(-c4cccc5ccccc45)c(C)nc23)CC1CC#N. The summed E-state index contributed by atoms with van der Waals surface area (Å²) in [6, 6.07) is 15.9. The van der Waals surface area contributed by atoms with Gasteiger partial charge in [0, 0.05) is 31.1 Å². The molecule has 220 valence electrons. The largest absolute Gasteiger partial charge is 0.462 e. The minimum atomic E-state index is -0.372. The quantitative estimate of drug-likeness (QED) is 0.304. The van der Waals surface area contributed by atoms with Crippen molar-refractivity contribution < 1.29 is 9.53 Å². The molecule has 11 heteroatoms. The number of nitriles is 1. The monoisotopic (exact) mass is 578 g/mol. The molecule has 2 aromatic heterocycles. The van der Waals surface area contributed by atoms with Crippen LogP contribution in [-0.4, -0.2) is 87.1 Å². The van der Waals surface area contributed by atoms with Crippen molar-refractivity contribution in [2.45, 2.75) is 38.3 Å². The lowest BCUT2D eigenvalue weighted by Crippen LogP contribution is -2.55. The Morgan fingerprint density at radius 3 is 2.67 bits per heavy atom. The maximum atomic E-state index is 14.3. The first-order valence-corrected chi connectivity index (χ1v) is 14.6. The Hall–Kier alpha value is -4.82. The molecule has 0 bridgehead atoms. The number of aromatic nitrogens is 4. The predicted octanol–water partition coefficient (Wildman–Crippen LogP) is 3.23. The van der Waals surface area contributed by atoms with E-state index in [1.54, 1.807) is 16.4 Å². The Balaban J connectivity index is 1.48. The fraction of sp³-hybridized carbons (Fsp3) is 0.375. The number of ether oxygens (including phenoxy) is 1. The van der Waals surface area contributed by atoms with Crippen LogP contribution in [0.1, 0.15) is 25.1 Å². The summed E-state index contributed by atoms with van der Waals surface area (Å²) in [5.74, 6) is 0.733. The van der Waals surface area contributed by atoms with E-state index in [9.17, 15) is 14.9 Å². The number of rotatable bonds is 7. The number of nitrogens with zero attached hydrogens (tertiary/aromatic N) is 8. The smallest absolute Gasteiger partial charge is 0.319 e. The van der Waals surface area contributed by atoms with Crippen LogP contribution in [0.25, 0.3) is 27.5 Å². The lowest BCUT2D eigenvalue weighted by atomic mass is 10.1. The molecular weight excluding hydrogens is 544 g/mol. The van der Waals surface area contributed by atoms with E-state index in [1.165, 1.54) is 6.08 Å². The molecule has 0 saturated carbocycles. The van der Waals surface area contributed by atoms with Gasteiger partial charge in [0.05, 0.1) is 24.2 Å². The van der Waals surface area contributed by atoms with Crippen LogP contribution in [0.3, 0.4) is 0 Å². The summed E-state index contributed by atoms with van der Waals surface area (Å²) in [7, 11) is 2.07. The van der Waals surface area contributed by atoms with Gasteiger partial charge >= 0.3 is 6.01 Å². The second kappa shape index (κ2) is 11.8. The maximum Gasteiger partial charge on any atom is 0.319 e. The molecule has 2 saturated heterocycles. The summed E-state index contributed by atoms with van der Waals surface area (Å²) in [6.45, 7) is 7.97. The first-order chi connectivity index (χ1) is 20.9. The van der Waals surface area contributed by atoms with E-state index < -0.39 is 0 Å². The summed E-state index contributed by atoms with van der Waals surface area (Å²) >= 11 is 0. The van der Waals surface area contributed by atoms with Crippen molar-refractivity contribution in [2.75, 3.05) is 44.7 Å². The van der Waals surface area contributed by atoms with E-state index in [-0.39, 0.29) is 41.5 Å². The number of carbonyl (C=O) groups is 1. The topological polar surface area (TPSA) is 120 Å². The molecule has 2 unspecified atom stereocenters. The zero-order chi connectivity index (χ0) is 30.1. The van der Waals surface area contributed by atoms with Crippen molar-refractivity contribution in [3.63, 3.8) is 0 Å². The van der Waals surface area contributed by atoms with Gasteiger partial charge in [0.2, 0.25) is 5.91 Å². The molecule has 2 fully saturated rings. The highest BCUT2D eigenvalue weighted by molar-refractivity contribution is 5.91. The molecule has 11 nitrogen and oxygen atoms in total. The number of anilines is 1. The molecule has 0 aliphatic carbocycles. The minimum Gasteiger partial charge on any atom is -0.462 e. The Morgan fingerprint density at radius 2 is 1.91 bits per heavy atom. The van der Waals surface area contributed by atoms with Gasteiger partial charge in [-0.2, -0.15) is 15.2 Å². The first kappa shape index (κ1) is 28.3. The summed E-state index contributed by atoms with van der Waals surface area (Å²) in [6.07, 6.45) is 3.53. The standard InChI is InChI=1S/C32H34N8O3/c1-4-27(41)39-18-17-38(19-23(39)14-15-33)30-28-29(35-32(36-30)43-20-24-11-8-16-37(24)3)31(42)40(21(2)34-28)26-13-7-10-22-9-5-6-12-25(22)26/h4-7,9-10,12-13,23-24H,1,8,11,14,16-20H2,2-3H3. The zero-order valence-electron chi connectivity index (χ0n) is 24.4. The number of benzene rings is 2. The van der Waals surface area contributed by atoms with Gasteiger partial charge in [0.15, 0.2) is 11.3 Å². The van der Waals surface area contributed by atoms with Crippen molar-refractivity contribution in [1.29, 1.82) is 5.26 Å². The van der Waals surface area contributed by atoms with E-state index in [4.69, 9.17) is 14.7 Å². The number of likely N-dealkylation sites (N-methyl/N-ethyl adjacent to an activating group) is 1. The Labute approximate surface area is 249 Å². The Bertz CT molecular complexity index is 1810. The number of carbonyl (C=O) groups excluding carboxylic acids is 1. The summed E-state index contributed by atoms with van der Waals surface area (Å²) in [4.78, 5) is 47.0.